The van der Waals surface area contributed by atoms with E-state index in [-0.39, 0.29) is 5.82 Å². The van der Waals surface area contributed by atoms with Gasteiger partial charge < -0.3 is 5.32 Å². The Balaban J connectivity index is 1.91. The third-order valence-electron chi connectivity index (χ3n) is 3.30. The molecule has 2 aromatic rings. The predicted octanol–water partition coefficient (Wildman–Crippen LogP) is 4.89. The van der Waals surface area contributed by atoms with Crippen LogP contribution in [0.4, 0.5) is 4.39 Å². The number of rotatable bonds is 5. The molecule has 1 N–H and O–H groups in total. The monoisotopic (exact) mass is 291 g/mol. The number of benzene rings is 2. The van der Waals surface area contributed by atoms with Gasteiger partial charge in [-0.25, -0.2) is 4.39 Å². The minimum Gasteiger partial charge on any atom is -0.309 e. The van der Waals surface area contributed by atoms with Crippen LogP contribution < -0.4 is 5.32 Å². The molecule has 0 aromatic heterocycles. The van der Waals surface area contributed by atoms with Gasteiger partial charge in [0.1, 0.15) is 5.82 Å². The lowest BCUT2D eigenvalue weighted by atomic mass is 10.0. The van der Waals surface area contributed by atoms with E-state index in [1.54, 1.807) is 6.07 Å². The molecule has 0 spiro atoms. The third-order valence-corrected chi connectivity index (χ3v) is 3.67. The number of hydrogen-bond acceptors (Lipinski definition) is 1. The van der Waals surface area contributed by atoms with Crippen LogP contribution in [0.3, 0.4) is 0 Å². The second-order valence-corrected chi connectivity index (χ2v) is 5.64. The maximum absolute atomic E-state index is 13.1. The van der Waals surface area contributed by atoms with Crippen LogP contribution in [0.25, 0.3) is 0 Å². The van der Waals surface area contributed by atoms with E-state index in [1.165, 1.54) is 23.3 Å². The lowest BCUT2D eigenvalue weighted by Crippen LogP contribution is -2.13. The molecule has 0 amide bonds. The van der Waals surface area contributed by atoms with E-state index in [2.05, 4.69) is 43.4 Å². The van der Waals surface area contributed by atoms with Crippen LogP contribution in [-0.2, 0) is 13.1 Å². The Morgan fingerprint density at radius 1 is 1.05 bits per heavy atom. The summed E-state index contributed by atoms with van der Waals surface area (Å²) in [7, 11) is 0. The fourth-order valence-corrected chi connectivity index (χ4v) is 2.23. The molecule has 0 saturated carbocycles. The van der Waals surface area contributed by atoms with Gasteiger partial charge in [-0.1, -0.05) is 49.7 Å². The SMILES string of the molecule is CC(C)c1ccc(CNCc2cc(F)ccc2Cl)cc1. The number of nitrogens with one attached hydrogen (secondary N) is 1. The second kappa shape index (κ2) is 6.87. The maximum atomic E-state index is 13.1. The molecule has 0 aliphatic rings. The zero-order valence-electron chi connectivity index (χ0n) is 11.8. The Morgan fingerprint density at radius 3 is 2.40 bits per heavy atom. The maximum Gasteiger partial charge on any atom is 0.123 e. The van der Waals surface area contributed by atoms with E-state index in [0.717, 1.165) is 12.1 Å². The molecule has 0 aliphatic heterocycles. The summed E-state index contributed by atoms with van der Waals surface area (Å²) in [5.41, 5.74) is 3.33. The Labute approximate surface area is 124 Å². The van der Waals surface area contributed by atoms with Crippen molar-refractivity contribution in [2.45, 2.75) is 32.9 Å². The van der Waals surface area contributed by atoms with E-state index < -0.39 is 0 Å². The minimum absolute atomic E-state index is 0.257. The summed E-state index contributed by atoms with van der Waals surface area (Å²) < 4.78 is 13.1. The third kappa shape index (κ3) is 4.06. The van der Waals surface area contributed by atoms with E-state index >= 15 is 0 Å². The van der Waals surface area contributed by atoms with Gasteiger partial charge in [0.05, 0.1) is 0 Å². The predicted molar refractivity (Wildman–Crippen MR) is 82.5 cm³/mol. The largest absolute Gasteiger partial charge is 0.309 e. The first kappa shape index (κ1) is 15.0. The highest BCUT2D eigenvalue weighted by Gasteiger charge is 2.02. The van der Waals surface area contributed by atoms with Gasteiger partial charge >= 0.3 is 0 Å². The average Bonchev–Trinajstić information content (AvgIpc) is 2.43. The van der Waals surface area contributed by atoms with Crippen LogP contribution in [0.5, 0.6) is 0 Å². The first-order valence-corrected chi connectivity index (χ1v) is 7.17. The van der Waals surface area contributed by atoms with E-state index in [9.17, 15) is 4.39 Å². The summed E-state index contributed by atoms with van der Waals surface area (Å²) in [5.74, 6) is 0.288. The number of halogens is 2. The van der Waals surface area contributed by atoms with Crippen molar-refractivity contribution in [3.63, 3.8) is 0 Å². The molecule has 0 fully saturated rings. The highest BCUT2D eigenvalue weighted by atomic mass is 35.5. The lowest BCUT2D eigenvalue weighted by molar-refractivity contribution is 0.620. The molecule has 20 heavy (non-hydrogen) atoms. The van der Waals surface area contributed by atoms with Crippen molar-refractivity contribution >= 4 is 11.6 Å². The van der Waals surface area contributed by atoms with Crippen molar-refractivity contribution in [1.29, 1.82) is 0 Å². The molecule has 2 rings (SSSR count). The summed E-state index contributed by atoms with van der Waals surface area (Å²) in [6, 6.07) is 13.0. The van der Waals surface area contributed by atoms with Crippen LogP contribution in [0.1, 0.15) is 36.5 Å². The van der Waals surface area contributed by atoms with Crippen LogP contribution in [0, 0.1) is 5.82 Å². The average molecular weight is 292 g/mol. The molecule has 0 atom stereocenters. The van der Waals surface area contributed by atoms with Gasteiger partial charge in [0.25, 0.3) is 0 Å². The first-order chi connectivity index (χ1) is 9.56. The standard InChI is InChI=1S/C17H19ClFN/c1-12(2)14-5-3-13(4-6-14)10-20-11-15-9-16(19)7-8-17(15)18/h3-9,12,20H,10-11H2,1-2H3. The molecule has 1 nitrogen and oxygen atoms in total. The minimum atomic E-state index is -0.257. The Bertz CT molecular complexity index is 564. The Hall–Kier alpha value is -1.38. The van der Waals surface area contributed by atoms with Crippen LogP contribution >= 0.6 is 11.6 Å². The van der Waals surface area contributed by atoms with Gasteiger partial charge in [0.15, 0.2) is 0 Å². The van der Waals surface area contributed by atoms with Gasteiger partial charge in [-0.15, -0.1) is 0 Å². The van der Waals surface area contributed by atoms with Gasteiger partial charge in [0.2, 0.25) is 0 Å². The van der Waals surface area contributed by atoms with Crippen LogP contribution in [0.15, 0.2) is 42.5 Å². The number of hydrogen-bond donors (Lipinski definition) is 1. The molecule has 0 unspecified atom stereocenters. The molecule has 0 heterocycles. The molecular formula is C17H19ClFN. The second-order valence-electron chi connectivity index (χ2n) is 5.24. The van der Waals surface area contributed by atoms with Crippen molar-refractivity contribution in [3.8, 4) is 0 Å². The molecule has 106 valence electrons. The summed E-state index contributed by atoms with van der Waals surface area (Å²) >= 11 is 6.03. The van der Waals surface area contributed by atoms with Crippen LogP contribution in [0.2, 0.25) is 5.02 Å². The van der Waals surface area contributed by atoms with Crippen molar-refractivity contribution in [2.75, 3.05) is 0 Å². The zero-order chi connectivity index (χ0) is 14.5. The normalized spacial score (nSPS) is 11.1. The van der Waals surface area contributed by atoms with Gasteiger partial charge in [-0.3, -0.25) is 0 Å². The highest BCUT2D eigenvalue weighted by molar-refractivity contribution is 6.31. The van der Waals surface area contributed by atoms with Crippen LogP contribution in [-0.4, -0.2) is 0 Å². The molecule has 0 radical (unpaired) electrons. The molecule has 0 aliphatic carbocycles. The molecule has 0 bridgehead atoms. The van der Waals surface area contributed by atoms with Crippen molar-refractivity contribution < 1.29 is 4.39 Å². The van der Waals surface area contributed by atoms with E-state index in [4.69, 9.17) is 11.6 Å². The molecule has 2 aromatic carbocycles. The summed E-state index contributed by atoms with van der Waals surface area (Å²) in [5, 5.41) is 3.88. The zero-order valence-corrected chi connectivity index (χ0v) is 12.5. The fourth-order valence-electron chi connectivity index (χ4n) is 2.04. The lowest BCUT2D eigenvalue weighted by Gasteiger charge is -2.09. The molecule has 3 heteroatoms. The fraction of sp³-hybridized carbons (Fsp3) is 0.294. The Morgan fingerprint density at radius 2 is 1.75 bits per heavy atom. The van der Waals surface area contributed by atoms with E-state index in [1.807, 2.05) is 0 Å². The molecule has 0 saturated heterocycles. The van der Waals surface area contributed by atoms with Gasteiger partial charge in [-0.05, 0) is 40.8 Å². The Kier molecular flexibility index (Phi) is 5.16. The quantitative estimate of drug-likeness (QED) is 0.827. The van der Waals surface area contributed by atoms with Crippen molar-refractivity contribution in [3.05, 3.63) is 70.0 Å². The van der Waals surface area contributed by atoms with Crippen molar-refractivity contribution in [1.82, 2.24) is 5.32 Å². The highest BCUT2D eigenvalue weighted by Crippen LogP contribution is 2.17. The van der Waals surface area contributed by atoms with E-state index in [0.29, 0.717) is 17.5 Å². The summed E-state index contributed by atoms with van der Waals surface area (Å²) in [4.78, 5) is 0. The summed E-state index contributed by atoms with van der Waals surface area (Å²) in [6.07, 6.45) is 0. The van der Waals surface area contributed by atoms with Gasteiger partial charge in [-0.2, -0.15) is 0 Å². The molecular weight excluding hydrogens is 273 g/mol. The smallest absolute Gasteiger partial charge is 0.123 e. The first-order valence-electron chi connectivity index (χ1n) is 6.79. The van der Waals surface area contributed by atoms with Crippen molar-refractivity contribution in [2.24, 2.45) is 0 Å². The van der Waals surface area contributed by atoms with Gasteiger partial charge in [0, 0.05) is 18.1 Å². The summed E-state index contributed by atoms with van der Waals surface area (Å²) in [6.45, 7) is 5.66. The topological polar surface area (TPSA) is 12.0 Å².